The van der Waals surface area contributed by atoms with Gasteiger partial charge in [0.25, 0.3) is 0 Å². The summed E-state index contributed by atoms with van der Waals surface area (Å²) in [5.41, 5.74) is 1.11. The van der Waals surface area contributed by atoms with Crippen molar-refractivity contribution in [2.75, 3.05) is 45.8 Å². The van der Waals surface area contributed by atoms with Crippen molar-refractivity contribution >= 4 is 15.9 Å². The number of nitrogens with zero attached hydrogens (tertiary/aromatic N) is 3. The van der Waals surface area contributed by atoms with Crippen molar-refractivity contribution in [2.45, 2.75) is 69.9 Å². The van der Waals surface area contributed by atoms with Gasteiger partial charge in [-0.25, -0.2) is 8.42 Å². The molecule has 0 radical (unpaired) electrons. The van der Waals surface area contributed by atoms with Gasteiger partial charge < -0.3 is 10.2 Å². The second-order valence-electron chi connectivity index (χ2n) is 9.15. The summed E-state index contributed by atoms with van der Waals surface area (Å²) in [5.74, 6) is 0.0349. The molecule has 2 aliphatic rings. The Morgan fingerprint density at radius 2 is 1.69 bits per heavy atom. The number of sulfonamides is 1. The molecule has 2 saturated heterocycles. The maximum Gasteiger partial charge on any atom is 0.243 e. The molecule has 180 valence electrons. The molecule has 0 saturated carbocycles. The number of piperazine rings is 1. The molecule has 1 aromatic carbocycles. The molecule has 0 aliphatic carbocycles. The number of carbonyl (C=O) groups excluding carboxylic acids is 1. The Bertz CT molecular complexity index is 827. The fourth-order valence-electron chi connectivity index (χ4n) is 4.83. The Balaban J connectivity index is 1.73. The number of hydrogen-bond acceptors (Lipinski definition) is 5. The van der Waals surface area contributed by atoms with E-state index in [4.69, 9.17) is 0 Å². The van der Waals surface area contributed by atoms with Crippen molar-refractivity contribution in [1.29, 1.82) is 0 Å². The average molecular weight is 465 g/mol. The molecule has 0 bridgehead atoms. The van der Waals surface area contributed by atoms with Crippen LogP contribution in [0.1, 0.15) is 52.0 Å². The van der Waals surface area contributed by atoms with E-state index in [1.807, 2.05) is 17.0 Å². The topological polar surface area (TPSA) is 73.0 Å². The Hall–Kier alpha value is -1.48. The van der Waals surface area contributed by atoms with Crippen LogP contribution in [0.5, 0.6) is 0 Å². The lowest BCUT2D eigenvalue weighted by Crippen LogP contribution is -2.49. The third kappa shape index (κ3) is 6.31. The Labute approximate surface area is 194 Å². The van der Waals surface area contributed by atoms with Gasteiger partial charge in [-0.2, -0.15) is 4.31 Å². The lowest BCUT2D eigenvalue weighted by Gasteiger charge is -2.40. The quantitative estimate of drug-likeness (QED) is 0.607. The van der Waals surface area contributed by atoms with Crippen LogP contribution in [0.4, 0.5) is 0 Å². The Kier molecular flexibility index (Phi) is 9.11. The summed E-state index contributed by atoms with van der Waals surface area (Å²) < 4.78 is 28.6. The number of aryl methyl sites for hydroxylation is 1. The lowest BCUT2D eigenvalue weighted by molar-refractivity contribution is -0.131. The van der Waals surface area contributed by atoms with Gasteiger partial charge in [-0.1, -0.05) is 25.5 Å². The minimum absolute atomic E-state index is 0.0349. The number of hydrogen-bond donors (Lipinski definition) is 1. The summed E-state index contributed by atoms with van der Waals surface area (Å²) in [6.07, 6.45) is 4.61. The third-order valence-corrected chi connectivity index (χ3v) is 8.91. The summed E-state index contributed by atoms with van der Waals surface area (Å²) in [4.78, 5) is 17.3. The molecular weight excluding hydrogens is 424 g/mol. The molecule has 1 N–H and O–H groups in total. The molecular formula is C24H40N4O3S. The summed E-state index contributed by atoms with van der Waals surface area (Å²) in [5, 5.41) is 3.25. The number of carbonyl (C=O) groups is 1. The number of nitrogens with one attached hydrogen (secondary N) is 1. The van der Waals surface area contributed by atoms with E-state index in [0.717, 1.165) is 37.9 Å². The molecule has 2 atom stereocenters. The average Bonchev–Trinajstić information content (AvgIpc) is 2.80. The zero-order chi connectivity index (χ0) is 23.1. The first-order valence-electron chi connectivity index (χ1n) is 12.2. The predicted octanol–water partition coefficient (Wildman–Crippen LogP) is 2.32. The fraction of sp³-hybridized carbons (Fsp3) is 0.708. The van der Waals surface area contributed by atoms with Crippen molar-refractivity contribution in [3.63, 3.8) is 0 Å². The van der Waals surface area contributed by atoms with Gasteiger partial charge in [0.05, 0.1) is 4.90 Å². The fourth-order valence-corrected chi connectivity index (χ4v) is 6.27. The lowest BCUT2D eigenvalue weighted by atomic mass is 9.98. The van der Waals surface area contributed by atoms with Crippen LogP contribution >= 0.6 is 0 Å². The summed E-state index contributed by atoms with van der Waals surface area (Å²) >= 11 is 0. The summed E-state index contributed by atoms with van der Waals surface area (Å²) in [6.45, 7) is 10.8. The molecule has 1 aromatic rings. The smallest absolute Gasteiger partial charge is 0.243 e. The highest BCUT2D eigenvalue weighted by atomic mass is 32.2. The number of rotatable bonds is 9. The first-order valence-corrected chi connectivity index (χ1v) is 13.6. The van der Waals surface area contributed by atoms with Crippen LogP contribution in [0.2, 0.25) is 0 Å². The molecule has 7 nitrogen and oxygen atoms in total. The van der Waals surface area contributed by atoms with E-state index in [-0.39, 0.29) is 18.9 Å². The van der Waals surface area contributed by atoms with Gasteiger partial charge in [0, 0.05) is 64.3 Å². The standard InChI is InChI=1S/C24H40N4O3S/c1-4-22-8-10-23(11-9-22)32(30,31)27(15-12-24(29)26-16-13-25-14-17-26)18-19-28-20(2)6-5-7-21(28)3/h8-11,20-21,25H,4-7,12-19H2,1-3H3/t20-,21+. The summed E-state index contributed by atoms with van der Waals surface area (Å²) in [6, 6.07) is 8.07. The number of likely N-dealkylation sites (tertiary alicyclic amines) is 1. The van der Waals surface area contributed by atoms with Crippen molar-refractivity contribution < 1.29 is 13.2 Å². The zero-order valence-electron chi connectivity index (χ0n) is 19.9. The van der Waals surface area contributed by atoms with Crippen molar-refractivity contribution in [1.82, 2.24) is 19.4 Å². The van der Waals surface area contributed by atoms with Crippen LogP contribution in [0.15, 0.2) is 29.2 Å². The van der Waals surface area contributed by atoms with Crippen LogP contribution in [0, 0.1) is 0 Å². The van der Waals surface area contributed by atoms with E-state index in [2.05, 4.69) is 31.0 Å². The maximum atomic E-state index is 13.5. The molecule has 8 heteroatoms. The van der Waals surface area contributed by atoms with Crippen molar-refractivity contribution in [3.05, 3.63) is 29.8 Å². The van der Waals surface area contributed by atoms with Gasteiger partial charge in [-0.3, -0.25) is 9.69 Å². The minimum atomic E-state index is -3.66. The number of benzene rings is 1. The van der Waals surface area contributed by atoms with Crippen molar-refractivity contribution in [3.8, 4) is 0 Å². The normalized spacial score (nSPS) is 22.9. The molecule has 1 amide bonds. The first kappa shape index (κ1) is 25.1. The van der Waals surface area contributed by atoms with Crippen LogP contribution < -0.4 is 5.32 Å². The highest BCUT2D eigenvalue weighted by molar-refractivity contribution is 7.89. The van der Waals surface area contributed by atoms with E-state index < -0.39 is 10.0 Å². The minimum Gasteiger partial charge on any atom is -0.340 e. The van der Waals surface area contributed by atoms with Gasteiger partial charge in [0.15, 0.2) is 0 Å². The largest absolute Gasteiger partial charge is 0.340 e. The van der Waals surface area contributed by atoms with Gasteiger partial charge in [0.2, 0.25) is 15.9 Å². The first-order chi connectivity index (χ1) is 15.3. The van der Waals surface area contributed by atoms with Crippen LogP contribution in [-0.2, 0) is 21.2 Å². The highest BCUT2D eigenvalue weighted by Gasteiger charge is 2.29. The third-order valence-electron chi connectivity index (χ3n) is 7.00. The van der Waals surface area contributed by atoms with Gasteiger partial charge >= 0.3 is 0 Å². The number of amides is 1. The molecule has 3 rings (SSSR count). The molecule has 2 heterocycles. The van der Waals surface area contributed by atoms with E-state index in [9.17, 15) is 13.2 Å². The van der Waals surface area contributed by atoms with E-state index in [0.29, 0.717) is 43.2 Å². The van der Waals surface area contributed by atoms with E-state index in [1.165, 1.54) is 10.7 Å². The monoisotopic (exact) mass is 464 g/mol. The van der Waals surface area contributed by atoms with Gasteiger partial charge in [-0.15, -0.1) is 0 Å². The molecule has 32 heavy (non-hydrogen) atoms. The highest BCUT2D eigenvalue weighted by Crippen LogP contribution is 2.23. The van der Waals surface area contributed by atoms with Crippen LogP contribution in [0.3, 0.4) is 0 Å². The van der Waals surface area contributed by atoms with Crippen LogP contribution in [0.25, 0.3) is 0 Å². The molecule has 2 fully saturated rings. The zero-order valence-corrected chi connectivity index (χ0v) is 20.7. The number of piperidine rings is 1. The van der Waals surface area contributed by atoms with Crippen molar-refractivity contribution in [2.24, 2.45) is 0 Å². The van der Waals surface area contributed by atoms with Gasteiger partial charge in [-0.05, 0) is 50.8 Å². The second-order valence-corrected chi connectivity index (χ2v) is 11.1. The summed E-state index contributed by atoms with van der Waals surface area (Å²) in [7, 11) is -3.66. The van der Waals surface area contributed by atoms with Crippen LogP contribution in [-0.4, -0.2) is 86.3 Å². The Morgan fingerprint density at radius 1 is 1.06 bits per heavy atom. The maximum absolute atomic E-state index is 13.5. The Morgan fingerprint density at radius 3 is 2.28 bits per heavy atom. The van der Waals surface area contributed by atoms with E-state index in [1.54, 1.807) is 12.1 Å². The molecule has 0 spiro atoms. The second kappa shape index (κ2) is 11.6. The van der Waals surface area contributed by atoms with E-state index >= 15 is 0 Å². The SMILES string of the molecule is CCc1ccc(S(=O)(=O)N(CCC(=O)N2CCNCC2)CCN2[C@H](C)CCC[C@@H]2C)cc1. The predicted molar refractivity (Wildman–Crippen MR) is 128 cm³/mol. The van der Waals surface area contributed by atoms with Gasteiger partial charge in [0.1, 0.15) is 0 Å². The molecule has 2 aliphatic heterocycles. The molecule has 0 aromatic heterocycles. The molecule has 0 unspecified atom stereocenters.